The highest BCUT2D eigenvalue weighted by Crippen LogP contribution is 2.35. The Morgan fingerprint density at radius 3 is 2.47 bits per heavy atom. The number of aliphatic hydroxyl groups is 1. The average Bonchev–Trinajstić information content (AvgIpc) is 2.21. The van der Waals surface area contributed by atoms with E-state index in [0.29, 0.717) is 11.3 Å². The second-order valence-corrected chi connectivity index (χ2v) is 4.05. The molecule has 2 N–H and O–H groups in total. The van der Waals surface area contributed by atoms with Crippen LogP contribution in [0.3, 0.4) is 0 Å². The summed E-state index contributed by atoms with van der Waals surface area (Å²) in [7, 11) is 1.42. The Hall–Kier alpha value is -1.29. The van der Waals surface area contributed by atoms with Crippen LogP contribution in [0.4, 0.5) is 4.39 Å². The van der Waals surface area contributed by atoms with Crippen LogP contribution in [0.5, 0.6) is 11.5 Å². The molecule has 1 aromatic carbocycles. The fraction of sp³-hybridized carbons (Fsp3) is 0.455. The molecule has 0 aliphatic carbocycles. The highest BCUT2D eigenvalue weighted by Gasteiger charge is 2.25. The van der Waals surface area contributed by atoms with Gasteiger partial charge in [0.1, 0.15) is 5.75 Å². The van der Waals surface area contributed by atoms with Gasteiger partial charge in [-0.15, -0.1) is 0 Å². The molecular formula is C11H15FO3. The minimum Gasteiger partial charge on any atom is -0.505 e. The first kappa shape index (κ1) is 11.8. The lowest BCUT2D eigenvalue weighted by Crippen LogP contribution is -2.23. The molecule has 0 unspecified atom stereocenters. The van der Waals surface area contributed by atoms with Crippen molar-refractivity contribution in [3.8, 4) is 11.5 Å². The number of aliphatic hydroxyl groups excluding tert-OH is 1. The maximum absolute atomic E-state index is 13.0. The van der Waals surface area contributed by atoms with Crippen LogP contribution in [-0.2, 0) is 5.41 Å². The summed E-state index contributed by atoms with van der Waals surface area (Å²) < 4.78 is 18.1. The first-order valence-corrected chi connectivity index (χ1v) is 4.60. The number of halogens is 1. The summed E-state index contributed by atoms with van der Waals surface area (Å²) in [6.07, 6.45) is 0. The van der Waals surface area contributed by atoms with Crippen molar-refractivity contribution in [2.24, 2.45) is 0 Å². The molecule has 3 nitrogen and oxygen atoms in total. The molecule has 0 saturated heterocycles. The minimum atomic E-state index is -0.732. The number of methoxy groups -OCH3 is 1. The third-order valence-corrected chi connectivity index (χ3v) is 2.39. The number of phenols is 1. The summed E-state index contributed by atoms with van der Waals surface area (Å²) in [4.78, 5) is 0. The molecule has 4 heteroatoms. The molecule has 0 aromatic heterocycles. The highest BCUT2D eigenvalue weighted by atomic mass is 19.1. The Labute approximate surface area is 88.1 Å². The zero-order valence-corrected chi connectivity index (χ0v) is 9.04. The monoisotopic (exact) mass is 214 g/mol. The van der Waals surface area contributed by atoms with Gasteiger partial charge in [0.25, 0.3) is 0 Å². The van der Waals surface area contributed by atoms with Crippen LogP contribution in [0, 0.1) is 5.82 Å². The number of benzene rings is 1. The van der Waals surface area contributed by atoms with Crippen molar-refractivity contribution >= 4 is 0 Å². The summed E-state index contributed by atoms with van der Waals surface area (Å²) in [5.74, 6) is -0.846. The number of rotatable bonds is 3. The molecule has 1 aromatic rings. The molecule has 0 aliphatic heterocycles. The molecule has 15 heavy (non-hydrogen) atoms. The molecule has 0 saturated carbocycles. The molecule has 84 valence electrons. The normalized spacial score (nSPS) is 11.5. The fourth-order valence-corrected chi connectivity index (χ4v) is 1.33. The number of hydrogen-bond donors (Lipinski definition) is 2. The van der Waals surface area contributed by atoms with E-state index in [9.17, 15) is 14.6 Å². The SMILES string of the molecule is COc1cc(F)c(O)cc1C(C)(C)CO. The predicted molar refractivity (Wildman–Crippen MR) is 54.7 cm³/mol. The zero-order chi connectivity index (χ0) is 11.6. The quantitative estimate of drug-likeness (QED) is 0.806. The Bertz CT molecular complexity index is 361. The van der Waals surface area contributed by atoms with Gasteiger partial charge in [-0.1, -0.05) is 13.8 Å². The van der Waals surface area contributed by atoms with Crippen LogP contribution in [0.15, 0.2) is 12.1 Å². The van der Waals surface area contributed by atoms with Gasteiger partial charge in [-0.3, -0.25) is 0 Å². The molecule has 0 atom stereocenters. The standard InChI is InChI=1S/C11H15FO3/c1-11(2,6-13)7-4-9(14)8(12)5-10(7)15-3/h4-5,13-14H,6H2,1-3H3. The van der Waals surface area contributed by atoms with Crippen molar-refractivity contribution in [1.29, 1.82) is 0 Å². The lowest BCUT2D eigenvalue weighted by molar-refractivity contribution is 0.214. The van der Waals surface area contributed by atoms with Crippen molar-refractivity contribution < 1.29 is 19.3 Å². The number of hydrogen-bond acceptors (Lipinski definition) is 3. The molecule has 0 bridgehead atoms. The van der Waals surface area contributed by atoms with E-state index in [1.54, 1.807) is 13.8 Å². The Balaban J connectivity index is 3.34. The van der Waals surface area contributed by atoms with Gasteiger partial charge in [-0.25, -0.2) is 4.39 Å². The van der Waals surface area contributed by atoms with E-state index >= 15 is 0 Å². The van der Waals surface area contributed by atoms with Crippen molar-refractivity contribution in [3.05, 3.63) is 23.5 Å². The first-order valence-electron chi connectivity index (χ1n) is 4.60. The smallest absolute Gasteiger partial charge is 0.168 e. The Morgan fingerprint density at radius 2 is 2.00 bits per heavy atom. The van der Waals surface area contributed by atoms with E-state index in [4.69, 9.17) is 4.74 Å². The van der Waals surface area contributed by atoms with Gasteiger partial charge < -0.3 is 14.9 Å². The summed E-state index contributed by atoms with van der Waals surface area (Å²) in [6.45, 7) is 3.44. The molecular weight excluding hydrogens is 199 g/mol. The molecule has 1 rings (SSSR count). The van der Waals surface area contributed by atoms with E-state index in [2.05, 4.69) is 0 Å². The molecule has 0 radical (unpaired) electrons. The highest BCUT2D eigenvalue weighted by molar-refractivity contribution is 5.44. The minimum absolute atomic E-state index is 0.117. The van der Waals surface area contributed by atoms with E-state index in [1.165, 1.54) is 13.2 Å². The van der Waals surface area contributed by atoms with Crippen molar-refractivity contribution in [1.82, 2.24) is 0 Å². The van der Waals surface area contributed by atoms with Gasteiger partial charge in [-0.05, 0) is 6.07 Å². The van der Waals surface area contributed by atoms with E-state index in [0.717, 1.165) is 6.07 Å². The summed E-state index contributed by atoms with van der Waals surface area (Å²) in [5, 5.41) is 18.5. The first-order chi connectivity index (χ1) is 6.92. The summed E-state index contributed by atoms with van der Waals surface area (Å²) >= 11 is 0. The number of aromatic hydroxyl groups is 1. The zero-order valence-electron chi connectivity index (χ0n) is 9.04. The fourth-order valence-electron chi connectivity index (χ4n) is 1.33. The molecule has 0 amide bonds. The third-order valence-electron chi connectivity index (χ3n) is 2.39. The van der Waals surface area contributed by atoms with Crippen molar-refractivity contribution in [2.75, 3.05) is 13.7 Å². The van der Waals surface area contributed by atoms with Gasteiger partial charge in [0.15, 0.2) is 11.6 Å². The van der Waals surface area contributed by atoms with Crippen LogP contribution in [0.25, 0.3) is 0 Å². The largest absolute Gasteiger partial charge is 0.505 e. The Kier molecular flexibility index (Phi) is 3.19. The molecule has 0 heterocycles. The van der Waals surface area contributed by atoms with Crippen LogP contribution in [0.1, 0.15) is 19.4 Å². The summed E-state index contributed by atoms with van der Waals surface area (Å²) in [6, 6.07) is 2.40. The second-order valence-electron chi connectivity index (χ2n) is 4.05. The summed E-state index contributed by atoms with van der Waals surface area (Å²) in [5.41, 5.74) is -0.0114. The van der Waals surface area contributed by atoms with E-state index in [1.807, 2.05) is 0 Å². The van der Waals surface area contributed by atoms with E-state index < -0.39 is 17.0 Å². The van der Waals surface area contributed by atoms with Crippen LogP contribution in [0.2, 0.25) is 0 Å². The molecule has 0 aliphatic rings. The number of ether oxygens (including phenoxy) is 1. The van der Waals surface area contributed by atoms with Crippen molar-refractivity contribution in [2.45, 2.75) is 19.3 Å². The topological polar surface area (TPSA) is 49.7 Å². The van der Waals surface area contributed by atoms with Crippen molar-refractivity contribution in [3.63, 3.8) is 0 Å². The van der Waals surface area contributed by atoms with Gasteiger partial charge in [0.05, 0.1) is 13.7 Å². The van der Waals surface area contributed by atoms with E-state index in [-0.39, 0.29) is 6.61 Å². The van der Waals surface area contributed by atoms with Crippen LogP contribution in [-0.4, -0.2) is 23.9 Å². The maximum atomic E-state index is 13.0. The Morgan fingerprint density at radius 1 is 1.40 bits per heavy atom. The maximum Gasteiger partial charge on any atom is 0.168 e. The predicted octanol–water partition coefficient (Wildman–Crippen LogP) is 1.81. The van der Waals surface area contributed by atoms with Gasteiger partial charge in [-0.2, -0.15) is 0 Å². The van der Waals surface area contributed by atoms with Crippen LogP contribution >= 0.6 is 0 Å². The number of phenolic OH excluding ortho intramolecular Hbond substituents is 1. The van der Waals surface area contributed by atoms with Crippen LogP contribution < -0.4 is 4.74 Å². The lowest BCUT2D eigenvalue weighted by Gasteiger charge is -2.24. The van der Waals surface area contributed by atoms with Gasteiger partial charge in [0.2, 0.25) is 0 Å². The second kappa shape index (κ2) is 4.06. The lowest BCUT2D eigenvalue weighted by atomic mass is 9.84. The third kappa shape index (κ3) is 2.21. The van der Waals surface area contributed by atoms with Gasteiger partial charge in [0, 0.05) is 17.0 Å². The average molecular weight is 214 g/mol. The van der Waals surface area contributed by atoms with Gasteiger partial charge >= 0.3 is 0 Å². The molecule has 0 spiro atoms. The molecule has 0 fully saturated rings.